The second-order valence-electron chi connectivity index (χ2n) is 4.94. The Morgan fingerprint density at radius 2 is 2.19 bits per heavy atom. The first-order valence-corrected chi connectivity index (χ1v) is 8.17. The Hall–Kier alpha value is -0.910. The second kappa shape index (κ2) is 9.92. The average molecular weight is 331 g/mol. The first kappa shape index (κ1) is 18.1. The van der Waals surface area contributed by atoms with Crippen LogP contribution >= 0.6 is 24.2 Å². The van der Waals surface area contributed by atoms with Crippen LogP contribution in [0.2, 0.25) is 0 Å². The molecule has 1 fully saturated rings. The maximum atomic E-state index is 11.8. The number of carbonyl (C=O) groups is 1. The van der Waals surface area contributed by atoms with E-state index in [1.807, 2.05) is 43.0 Å². The number of ether oxygens (including phenoxy) is 1. The summed E-state index contributed by atoms with van der Waals surface area (Å²) in [6, 6.07) is 8.23. The topological polar surface area (TPSA) is 50.4 Å². The number of aryl methyl sites for hydroxylation is 1. The monoisotopic (exact) mass is 330 g/mol. The van der Waals surface area contributed by atoms with Crippen LogP contribution in [0.25, 0.3) is 0 Å². The van der Waals surface area contributed by atoms with Crippen LogP contribution in [-0.4, -0.2) is 43.2 Å². The average Bonchev–Trinajstić information content (AvgIpc) is 2.46. The summed E-state index contributed by atoms with van der Waals surface area (Å²) in [4.78, 5) is 11.8. The minimum atomic E-state index is 0. The number of halogens is 1. The molecule has 0 aliphatic carbocycles. The third-order valence-electron chi connectivity index (χ3n) is 3.14. The van der Waals surface area contributed by atoms with E-state index in [9.17, 15) is 4.79 Å². The molecular weight excluding hydrogens is 308 g/mol. The van der Waals surface area contributed by atoms with E-state index in [0.717, 1.165) is 23.8 Å². The van der Waals surface area contributed by atoms with Gasteiger partial charge in [-0.2, -0.15) is 11.8 Å². The molecular formula is C15H23ClN2O2S. The van der Waals surface area contributed by atoms with Crippen LogP contribution in [-0.2, 0) is 4.79 Å². The Morgan fingerprint density at radius 3 is 2.86 bits per heavy atom. The molecule has 21 heavy (non-hydrogen) atoms. The van der Waals surface area contributed by atoms with Gasteiger partial charge in [-0.05, 0) is 19.1 Å². The van der Waals surface area contributed by atoms with Crippen LogP contribution in [0, 0.1) is 6.92 Å². The van der Waals surface area contributed by atoms with Crippen molar-refractivity contribution in [1.82, 2.24) is 10.6 Å². The highest BCUT2D eigenvalue weighted by Crippen LogP contribution is 2.11. The highest BCUT2D eigenvalue weighted by molar-refractivity contribution is 7.99. The quantitative estimate of drug-likeness (QED) is 0.783. The maximum absolute atomic E-state index is 11.8. The molecule has 1 saturated heterocycles. The number of hydrogen-bond donors (Lipinski definition) is 2. The molecule has 0 bridgehead atoms. The number of carbonyl (C=O) groups excluding carboxylic acids is 1. The molecule has 1 atom stereocenters. The molecule has 1 aliphatic rings. The van der Waals surface area contributed by atoms with E-state index in [2.05, 4.69) is 10.6 Å². The molecule has 0 saturated carbocycles. The van der Waals surface area contributed by atoms with Crippen molar-refractivity contribution in [2.24, 2.45) is 0 Å². The molecule has 1 amide bonds. The molecule has 2 N–H and O–H groups in total. The fourth-order valence-electron chi connectivity index (χ4n) is 2.04. The smallest absolute Gasteiger partial charge is 0.221 e. The van der Waals surface area contributed by atoms with E-state index < -0.39 is 0 Å². The molecule has 1 heterocycles. The highest BCUT2D eigenvalue weighted by atomic mass is 35.5. The normalized spacial score (nSPS) is 17.7. The second-order valence-corrected chi connectivity index (χ2v) is 6.09. The predicted molar refractivity (Wildman–Crippen MR) is 90.7 cm³/mol. The molecule has 4 nitrogen and oxygen atoms in total. The van der Waals surface area contributed by atoms with Crippen molar-refractivity contribution < 1.29 is 9.53 Å². The Kier molecular flexibility index (Phi) is 8.57. The van der Waals surface area contributed by atoms with E-state index in [1.165, 1.54) is 5.56 Å². The van der Waals surface area contributed by atoms with Crippen molar-refractivity contribution >= 4 is 30.1 Å². The van der Waals surface area contributed by atoms with Gasteiger partial charge in [0.2, 0.25) is 5.91 Å². The lowest BCUT2D eigenvalue weighted by Crippen LogP contribution is -2.41. The summed E-state index contributed by atoms with van der Waals surface area (Å²) in [6.45, 7) is 4.09. The van der Waals surface area contributed by atoms with Gasteiger partial charge < -0.3 is 15.4 Å². The summed E-state index contributed by atoms with van der Waals surface area (Å²) in [6.07, 6.45) is 0.553. The Morgan fingerprint density at radius 1 is 1.43 bits per heavy atom. The SMILES string of the molecule is Cc1ccc(OCCNC(=O)CC2CSCCN2)cc1.Cl. The molecule has 0 spiro atoms. The third-order valence-corrected chi connectivity index (χ3v) is 4.28. The molecule has 0 aromatic heterocycles. The van der Waals surface area contributed by atoms with Gasteiger partial charge in [-0.25, -0.2) is 0 Å². The molecule has 118 valence electrons. The predicted octanol–water partition coefficient (Wildman–Crippen LogP) is 2.01. The molecule has 2 rings (SSSR count). The summed E-state index contributed by atoms with van der Waals surface area (Å²) < 4.78 is 5.57. The Balaban J connectivity index is 0.00000220. The summed E-state index contributed by atoms with van der Waals surface area (Å²) in [7, 11) is 0. The van der Waals surface area contributed by atoms with Crippen LogP contribution in [0.3, 0.4) is 0 Å². The van der Waals surface area contributed by atoms with E-state index >= 15 is 0 Å². The lowest BCUT2D eigenvalue weighted by atomic mass is 10.2. The fourth-order valence-corrected chi connectivity index (χ4v) is 2.99. The van der Waals surface area contributed by atoms with Crippen molar-refractivity contribution in [2.45, 2.75) is 19.4 Å². The fraction of sp³-hybridized carbons (Fsp3) is 0.533. The molecule has 1 aliphatic heterocycles. The largest absolute Gasteiger partial charge is 0.492 e. The lowest BCUT2D eigenvalue weighted by molar-refractivity contribution is -0.121. The van der Waals surface area contributed by atoms with Crippen molar-refractivity contribution in [1.29, 1.82) is 0 Å². The Labute approximate surface area is 136 Å². The van der Waals surface area contributed by atoms with Crippen LogP contribution in [0.15, 0.2) is 24.3 Å². The zero-order valence-electron chi connectivity index (χ0n) is 12.3. The number of thioether (sulfide) groups is 1. The van der Waals surface area contributed by atoms with E-state index in [1.54, 1.807) is 0 Å². The molecule has 6 heteroatoms. The lowest BCUT2D eigenvalue weighted by Gasteiger charge is -2.22. The minimum absolute atomic E-state index is 0. The zero-order chi connectivity index (χ0) is 14.2. The van der Waals surface area contributed by atoms with Gasteiger partial charge in [0.15, 0.2) is 0 Å². The first-order chi connectivity index (χ1) is 9.74. The molecule has 0 radical (unpaired) electrons. The Bertz CT molecular complexity index is 422. The summed E-state index contributed by atoms with van der Waals surface area (Å²) in [5, 5.41) is 6.26. The summed E-state index contributed by atoms with van der Waals surface area (Å²) >= 11 is 1.90. The van der Waals surface area contributed by atoms with E-state index in [4.69, 9.17) is 4.74 Å². The van der Waals surface area contributed by atoms with Crippen LogP contribution < -0.4 is 15.4 Å². The van der Waals surface area contributed by atoms with Gasteiger partial charge in [0, 0.05) is 30.5 Å². The van der Waals surface area contributed by atoms with Gasteiger partial charge in [-0.1, -0.05) is 17.7 Å². The minimum Gasteiger partial charge on any atom is -0.492 e. The van der Waals surface area contributed by atoms with Gasteiger partial charge in [-0.15, -0.1) is 12.4 Å². The van der Waals surface area contributed by atoms with Crippen molar-refractivity contribution in [3.63, 3.8) is 0 Å². The number of hydrogen-bond acceptors (Lipinski definition) is 4. The maximum Gasteiger partial charge on any atom is 0.221 e. The van der Waals surface area contributed by atoms with Gasteiger partial charge in [-0.3, -0.25) is 4.79 Å². The number of benzene rings is 1. The summed E-state index contributed by atoms with van der Waals surface area (Å²) in [5.74, 6) is 3.10. The highest BCUT2D eigenvalue weighted by Gasteiger charge is 2.16. The van der Waals surface area contributed by atoms with Gasteiger partial charge in [0.1, 0.15) is 12.4 Å². The van der Waals surface area contributed by atoms with E-state index in [-0.39, 0.29) is 18.3 Å². The third kappa shape index (κ3) is 7.07. The molecule has 1 aromatic carbocycles. The van der Waals surface area contributed by atoms with Crippen molar-refractivity contribution in [2.75, 3.05) is 31.2 Å². The number of rotatable bonds is 6. The summed E-state index contributed by atoms with van der Waals surface area (Å²) in [5.41, 5.74) is 1.21. The van der Waals surface area contributed by atoms with Gasteiger partial charge in [0.25, 0.3) is 0 Å². The van der Waals surface area contributed by atoms with E-state index in [0.29, 0.717) is 25.6 Å². The van der Waals surface area contributed by atoms with Gasteiger partial charge in [0.05, 0.1) is 6.54 Å². The molecule has 1 aromatic rings. The van der Waals surface area contributed by atoms with Crippen LogP contribution in [0.4, 0.5) is 0 Å². The molecule has 1 unspecified atom stereocenters. The zero-order valence-corrected chi connectivity index (χ0v) is 13.9. The van der Waals surface area contributed by atoms with Crippen molar-refractivity contribution in [3.8, 4) is 5.75 Å². The number of amides is 1. The number of nitrogens with one attached hydrogen (secondary N) is 2. The van der Waals surface area contributed by atoms with Crippen LogP contribution in [0.5, 0.6) is 5.75 Å². The first-order valence-electron chi connectivity index (χ1n) is 7.01. The van der Waals surface area contributed by atoms with Crippen LogP contribution in [0.1, 0.15) is 12.0 Å². The standard InChI is InChI=1S/C15H22N2O2S.ClH/c1-12-2-4-14(5-3-12)19-8-6-17-15(18)10-13-11-20-9-7-16-13;/h2-5,13,16H,6-11H2,1H3,(H,17,18);1H. The van der Waals surface area contributed by atoms with Crippen molar-refractivity contribution in [3.05, 3.63) is 29.8 Å². The van der Waals surface area contributed by atoms with Gasteiger partial charge >= 0.3 is 0 Å².